The molecule has 0 radical (unpaired) electrons. The molecule has 0 saturated heterocycles. The van der Waals surface area contributed by atoms with E-state index >= 15 is 0 Å². The third kappa shape index (κ3) is 25800. The minimum Gasteiger partial charge on any atom is -0.433 e. The SMILES string of the molecule is C[Si](C)(C)O.C[Si](C)(O)O.C[Si](O)(O)O.O[Si](O)(O)O. The van der Waals surface area contributed by atoms with Crippen molar-refractivity contribution in [3.05, 3.63) is 0 Å². The van der Waals surface area contributed by atoms with Crippen molar-refractivity contribution in [3.8, 4) is 0 Å². The molecule has 0 aliphatic heterocycles. The molecule has 0 amide bonds. The lowest BCUT2D eigenvalue weighted by atomic mass is 11.8. The molecule has 10 N–H and O–H groups in total. The van der Waals surface area contributed by atoms with Gasteiger partial charge in [-0.1, -0.05) is 0 Å². The van der Waals surface area contributed by atoms with Crippen LogP contribution in [0.1, 0.15) is 0 Å². The summed E-state index contributed by atoms with van der Waals surface area (Å²) < 4.78 is 0. The Kier molecular flexibility index (Phi) is 15.9. The first kappa shape index (κ1) is 28.6. The lowest BCUT2D eigenvalue weighted by Gasteiger charge is -2.00. The Labute approximate surface area is 122 Å². The van der Waals surface area contributed by atoms with Gasteiger partial charge in [-0.2, -0.15) is 0 Å². The standard InChI is InChI=1S/C3H10OSi.C2H8O2Si.CH6O3Si.H4O4Si/c4*1-5(2,3)4/h4H,1-3H3;3-4H,1-2H3;2-4H,1H3;1-4H. The van der Waals surface area contributed by atoms with Crippen LogP contribution in [0.3, 0.4) is 0 Å². The topological polar surface area (TPSA) is 202 Å². The maximum Gasteiger partial charge on any atom is 0.668 e. The molecule has 0 aromatic carbocycles. The molecule has 0 atom stereocenters. The molecular weight excluding hydrogens is 344 g/mol. The molecular formula is C6H28O10Si4. The second kappa shape index (κ2) is 11.1. The Morgan fingerprint density at radius 3 is 0.450 bits per heavy atom. The molecule has 0 aliphatic rings. The van der Waals surface area contributed by atoms with Crippen LogP contribution in [0.25, 0.3) is 0 Å². The van der Waals surface area contributed by atoms with Crippen LogP contribution in [-0.2, 0) is 0 Å². The zero-order chi connectivity index (χ0) is 18.0. The van der Waals surface area contributed by atoms with Gasteiger partial charge < -0.3 is 48.0 Å². The van der Waals surface area contributed by atoms with Crippen LogP contribution in [0.4, 0.5) is 0 Å². The van der Waals surface area contributed by atoms with E-state index in [4.69, 9.17) is 48.0 Å². The molecule has 0 unspecified atom stereocenters. The molecule has 0 rings (SSSR count). The quantitative estimate of drug-likeness (QED) is 0.189. The van der Waals surface area contributed by atoms with E-state index in [2.05, 4.69) is 0 Å². The molecule has 0 aliphatic carbocycles. The summed E-state index contributed by atoms with van der Waals surface area (Å²) in [7, 11) is -12.4. The molecule has 0 heterocycles. The number of hydrogen-bond donors (Lipinski definition) is 10. The first-order chi connectivity index (χ1) is 8.00. The zero-order valence-corrected chi connectivity index (χ0v) is 16.5. The third-order valence-corrected chi connectivity index (χ3v) is 0. The average molecular weight is 373 g/mol. The lowest BCUT2D eigenvalue weighted by molar-refractivity contribution is 0.117. The molecule has 10 nitrogen and oxygen atoms in total. The fourth-order valence-corrected chi connectivity index (χ4v) is 0. The van der Waals surface area contributed by atoms with Crippen LogP contribution >= 0.6 is 0 Å². The van der Waals surface area contributed by atoms with Crippen LogP contribution in [0.15, 0.2) is 0 Å². The van der Waals surface area contributed by atoms with Crippen molar-refractivity contribution in [3.63, 3.8) is 0 Å². The zero-order valence-electron chi connectivity index (χ0n) is 12.5. The summed E-state index contributed by atoms with van der Waals surface area (Å²) in [4.78, 5) is 77.7. The predicted molar refractivity (Wildman–Crippen MR) is 80.4 cm³/mol. The Hall–Kier alpha value is 0.468. The molecule has 0 saturated carbocycles. The fraction of sp³-hybridized carbons (Fsp3) is 1.00. The van der Waals surface area contributed by atoms with Gasteiger partial charge in [-0.15, -0.1) is 0 Å². The van der Waals surface area contributed by atoms with Crippen molar-refractivity contribution in [2.24, 2.45) is 0 Å². The monoisotopic (exact) mass is 372 g/mol. The Morgan fingerprint density at radius 2 is 0.450 bits per heavy atom. The smallest absolute Gasteiger partial charge is 0.433 e. The molecule has 0 fully saturated rings. The highest BCUT2D eigenvalue weighted by Gasteiger charge is 2.22. The summed E-state index contributed by atoms with van der Waals surface area (Å²) in [5, 5.41) is 0. The largest absolute Gasteiger partial charge is 0.668 e. The van der Waals surface area contributed by atoms with E-state index in [1.54, 1.807) is 0 Å². The third-order valence-electron chi connectivity index (χ3n) is 0. The first-order valence-corrected chi connectivity index (χ1v) is 15.7. The Bertz CT molecular complexity index is 140. The van der Waals surface area contributed by atoms with Gasteiger partial charge in [0.05, 0.1) is 0 Å². The minimum atomic E-state index is -4.61. The van der Waals surface area contributed by atoms with Gasteiger partial charge in [0.15, 0.2) is 8.32 Å². The second-order valence-electron chi connectivity index (χ2n) is 5.24. The summed E-state index contributed by atoms with van der Waals surface area (Å²) in [6.07, 6.45) is 0. The molecule has 20 heavy (non-hydrogen) atoms. The van der Waals surface area contributed by atoms with Crippen LogP contribution < -0.4 is 0 Å². The summed E-state index contributed by atoms with van der Waals surface area (Å²) >= 11 is 0. The predicted octanol–water partition coefficient (Wildman–Crippen LogP) is -3.59. The maximum atomic E-state index is 8.66. The van der Waals surface area contributed by atoms with E-state index in [0.29, 0.717) is 0 Å². The van der Waals surface area contributed by atoms with Crippen LogP contribution in [0.5, 0.6) is 0 Å². The normalized spacial score (nSPS) is 12.0. The van der Waals surface area contributed by atoms with Crippen molar-refractivity contribution in [2.45, 2.75) is 39.3 Å². The van der Waals surface area contributed by atoms with Gasteiger partial charge in [0.2, 0.25) is 0 Å². The lowest BCUT2D eigenvalue weighted by Crippen LogP contribution is -2.33. The van der Waals surface area contributed by atoms with Crippen LogP contribution in [0, 0.1) is 0 Å². The minimum absolute atomic E-state index is 0.993. The molecule has 0 bridgehead atoms. The molecule has 14 heteroatoms. The van der Waals surface area contributed by atoms with Crippen LogP contribution in [-0.4, -0.2) is 82.7 Å². The van der Waals surface area contributed by atoms with E-state index in [1.165, 1.54) is 13.1 Å². The summed E-state index contributed by atoms with van der Waals surface area (Å²) in [5.74, 6) is 0. The first-order valence-electron chi connectivity index (χ1n) is 5.24. The number of rotatable bonds is 0. The van der Waals surface area contributed by atoms with Gasteiger partial charge in [-0.25, -0.2) is 0 Å². The molecule has 128 valence electrons. The van der Waals surface area contributed by atoms with Gasteiger partial charge >= 0.3 is 26.4 Å². The van der Waals surface area contributed by atoms with E-state index in [-0.39, 0.29) is 0 Å². The van der Waals surface area contributed by atoms with Crippen molar-refractivity contribution in [1.82, 2.24) is 0 Å². The van der Waals surface area contributed by atoms with E-state index < -0.39 is 34.7 Å². The molecule has 0 aromatic heterocycles. The summed E-state index contributed by atoms with van der Waals surface area (Å²) in [6, 6.07) is 0. The van der Waals surface area contributed by atoms with E-state index in [1.807, 2.05) is 19.6 Å². The molecule has 0 spiro atoms. The summed E-state index contributed by atoms with van der Waals surface area (Å²) in [5.41, 5.74) is 0. The van der Waals surface area contributed by atoms with Crippen molar-refractivity contribution < 1.29 is 48.0 Å². The van der Waals surface area contributed by atoms with Crippen LogP contribution in [0.2, 0.25) is 39.3 Å². The van der Waals surface area contributed by atoms with E-state index in [0.717, 1.165) is 6.55 Å². The Morgan fingerprint density at radius 1 is 0.450 bits per heavy atom. The highest BCUT2D eigenvalue weighted by molar-refractivity contribution is 6.68. The van der Waals surface area contributed by atoms with Crippen molar-refractivity contribution in [1.29, 1.82) is 0 Å². The van der Waals surface area contributed by atoms with Gasteiger partial charge in [0.1, 0.15) is 0 Å². The average Bonchev–Trinajstić information content (AvgIpc) is 1.62. The summed E-state index contributed by atoms with van der Waals surface area (Å²) in [6.45, 7) is 9.51. The second-order valence-corrected chi connectivity index (χ2v) is 15.7. The van der Waals surface area contributed by atoms with Crippen molar-refractivity contribution >= 4 is 34.7 Å². The Balaban J connectivity index is -0.0000000853. The van der Waals surface area contributed by atoms with Gasteiger partial charge in [0.25, 0.3) is 0 Å². The highest BCUT2D eigenvalue weighted by atomic mass is 28.4. The number of hydrogen-bond acceptors (Lipinski definition) is 10. The molecule has 0 aromatic rings. The maximum absolute atomic E-state index is 8.66. The van der Waals surface area contributed by atoms with Gasteiger partial charge in [0, 0.05) is 6.55 Å². The van der Waals surface area contributed by atoms with Gasteiger partial charge in [-0.3, -0.25) is 0 Å². The van der Waals surface area contributed by atoms with Gasteiger partial charge in [-0.05, 0) is 32.7 Å². The highest BCUT2D eigenvalue weighted by Crippen LogP contribution is 1.88. The van der Waals surface area contributed by atoms with Crippen molar-refractivity contribution in [2.75, 3.05) is 0 Å². The fourth-order valence-electron chi connectivity index (χ4n) is 0. The van der Waals surface area contributed by atoms with E-state index in [9.17, 15) is 0 Å².